The molecule has 134 valence electrons. The molecule has 2 aliphatic heterocycles. The van der Waals surface area contributed by atoms with Crippen molar-refractivity contribution in [1.29, 1.82) is 0 Å². The van der Waals surface area contributed by atoms with Crippen LogP contribution in [0, 0.1) is 0 Å². The summed E-state index contributed by atoms with van der Waals surface area (Å²) in [7, 11) is 0. The largest absolute Gasteiger partial charge is 0.442 e. The molecule has 1 unspecified atom stereocenters. The van der Waals surface area contributed by atoms with E-state index < -0.39 is 17.8 Å². The maximum atomic E-state index is 13.4. The number of hydrogen-bond acceptors (Lipinski definition) is 5. The minimum absolute atomic E-state index is 0.0845. The molecule has 2 heterocycles. The van der Waals surface area contributed by atoms with Crippen molar-refractivity contribution in [2.75, 3.05) is 18.5 Å². The molecule has 3 N–H and O–H groups in total. The Kier molecular flexibility index (Phi) is 4.51. The zero-order valence-corrected chi connectivity index (χ0v) is 12.9. The Balaban J connectivity index is 1.80. The number of hydrogen-bond donors (Lipinski definition) is 3. The Hall–Kier alpha value is -2.78. The van der Waals surface area contributed by atoms with Gasteiger partial charge in [-0.2, -0.15) is 18.3 Å². The normalized spacial score (nSPS) is 20.4. The van der Waals surface area contributed by atoms with Crippen LogP contribution in [0.15, 0.2) is 23.3 Å². The fraction of sp³-hybridized carbons (Fsp3) is 0.400. The zero-order valence-electron chi connectivity index (χ0n) is 12.9. The minimum atomic E-state index is -4.57. The molecule has 0 spiro atoms. The van der Waals surface area contributed by atoms with Gasteiger partial charge in [0.15, 0.2) is 0 Å². The molecule has 0 aromatic heterocycles. The molecule has 0 radical (unpaired) electrons. The van der Waals surface area contributed by atoms with Crippen LogP contribution in [0.5, 0.6) is 0 Å². The van der Waals surface area contributed by atoms with Gasteiger partial charge in [-0.15, -0.1) is 0 Å². The summed E-state index contributed by atoms with van der Waals surface area (Å²) in [5, 5.41) is 9.14. The van der Waals surface area contributed by atoms with Crippen LogP contribution in [-0.4, -0.2) is 36.9 Å². The molecule has 1 aromatic carbocycles. The molecule has 3 rings (SSSR count). The molecule has 1 atom stereocenters. The van der Waals surface area contributed by atoms with Gasteiger partial charge in [0.2, 0.25) is 5.91 Å². The summed E-state index contributed by atoms with van der Waals surface area (Å²) in [6, 6.07) is 3.52. The Morgan fingerprint density at radius 3 is 2.72 bits per heavy atom. The molecule has 7 nitrogen and oxygen atoms in total. The van der Waals surface area contributed by atoms with E-state index >= 15 is 0 Å². The molecule has 25 heavy (non-hydrogen) atoms. The number of benzene rings is 1. The van der Waals surface area contributed by atoms with Crippen molar-refractivity contribution in [2.45, 2.75) is 25.1 Å². The number of nitrogens with zero attached hydrogens (tertiary/aromatic N) is 1. The van der Waals surface area contributed by atoms with Crippen LogP contribution >= 0.6 is 0 Å². The Bertz CT molecular complexity index is 733. The van der Waals surface area contributed by atoms with E-state index in [2.05, 4.69) is 21.2 Å². The third-order valence-electron chi connectivity index (χ3n) is 3.90. The van der Waals surface area contributed by atoms with Gasteiger partial charge in [-0.3, -0.25) is 4.79 Å². The quantitative estimate of drug-likeness (QED) is 0.768. The second-order valence-corrected chi connectivity index (χ2v) is 5.69. The highest BCUT2D eigenvalue weighted by Gasteiger charge is 2.34. The summed E-state index contributed by atoms with van der Waals surface area (Å²) in [5.41, 5.74) is 1.52. The number of halogens is 3. The predicted octanol–water partition coefficient (Wildman–Crippen LogP) is 1.84. The van der Waals surface area contributed by atoms with Crippen LogP contribution in [-0.2, 0) is 15.7 Å². The summed E-state index contributed by atoms with van der Waals surface area (Å²) in [6.07, 6.45) is -4.37. The predicted molar refractivity (Wildman–Crippen MR) is 82.1 cm³/mol. The third kappa shape index (κ3) is 4.01. The molecule has 1 aromatic rings. The van der Waals surface area contributed by atoms with Gasteiger partial charge in [-0.1, -0.05) is 6.07 Å². The van der Waals surface area contributed by atoms with E-state index in [0.29, 0.717) is 12.8 Å². The molecule has 10 heteroatoms. The number of nitrogens with one attached hydrogen (secondary N) is 3. The summed E-state index contributed by atoms with van der Waals surface area (Å²) in [4.78, 5) is 22.1. The van der Waals surface area contributed by atoms with Crippen LogP contribution in [0.1, 0.15) is 24.0 Å². The fourth-order valence-corrected chi connectivity index (χ4v) is 2.64. The lowest BCUT2D eigenvalue weighted by molar-refractivity contribution is -0.137. The summed E-state index contributed by atoms with van der Waals surface area (Å²) in [6.45, 7) is -0.00169. The average Bonchev–Trinajstić information content (AvgIpc) is 2.98. The molecule has 0 aliphatic carbocycles. The van der Waals surface area contributed by atoms with Gasteiger partial charge in [0.25, 0.3) is 0 Å². The van der Waals surface area contributed by atoms with Crippen LogP contribution in [0.2, 0.25) is 0 Å². The minimum Gasteiger partial charge on any atom is -0.442 e. The van der Waals surface area contributed by atoms with Gasteiger partial charge in [-0.05, 0) is 18.6 Å². The Morgan fingerprint density at radius 1 is 1.32 bits per heavy atom. The van der Waals surface area contributed by atoms with E-state index in [9.17, 15) is 22.8 Å². The molecule has 2 aliphatic rings. The molecule has 1 fully saturated rings. The van der Waals surface area contributed by atoms with Gasteiger partial charge in [0.05, 0.1) is 5.56 Å². The Morgan fingerprint density at radius 2 is 2.12 bits per heavy atom. The highest BCUT2D eigenvalue weighted by molar-refractivity contribution is 6.04. The van der Waals surface area contributed by atoms with Crippen molar-refractivity contribution in [3.05, 3.63) is 29.3 Å². The standard InChI is InChI=1S/C15H15F3N4O3/c16-15(17,18)10-5-8(12-7-25-14(24)22-21-12)1-3-11(10)19-6-9-2-4-13(23)20-9/h1,3,5,9,19H,2,4,6-7H2,(H,20,23)(H,22,24). The molecular formula is C15H15F3N4O3. The van der Waals surface area contributed by atoms with E-state index in [4.69, 9.17) is 4.74 Å². The van der Waals surface area contributed by atoms with E-state index in [1.54, 1.807) is 0 Å². The van der Waals surface area contributed by atoms with Gasteiger partial charge < -0.3 is 15.4 Å². The number of alkyl halides is 3. The Labute approximate surface area is 140 Å². The lowest BCUT2D eigenvalue weighted by atomic mass is 10.0. The molecule has 0 saturated carbocycles. The number of anilines is 1. The van der Waals surface area contributed by atoms with Gasteiger partial charge >= 0.3 is 12.3 Å². The number of carbonyl (C=O) groups is 2. The monoisotopic (exact) mass is 356 g/mol. The van der Waals surface area contributed by atoms with Gasteiger partial charge in [-0.25, -0.2) is 10.2 Å². The molecular weight excluding hydrogens is 341 g/mol. The highest BCUT2D eigenvalue weighted by atomic mass is 19.4. The second-order valence-electron chi connectivity index (χ2n) is 5.69. The van der Waals surface area contributed by atoms with Crippen molar-refractivity contribution < 1.29 is 27.5 Å². The van der Waals surface area contributed by atoms with E-state index in [1.807, 2.05) is 0 Å². The van der Waals surface area contributed by atoms with Gasteiger partial charge in [0, 0.05) is 30.3 Å². The first-order valence-electron chi connectivity index (χ1n) is 7.57. The average molecular weight is 356 g/mol. The van der Waals surface area contributed by atoms with Crippen molar-refractivity contribution in [3.8, 4) is 0 Å². The maximum Gasteiger partial charge on any atom is 0.428 e. The van der Waals surface area contributed by atoms with Crippen molar-refractivity contribution >= 4 is 23.4 Å². The fourth-order valence-electron chi connectivity index (χ4n) is 2.64. The van der Waals surface area contributed by atoms with Crippen molar-refractivity contribution in [1.82, 2.24) is 10.7 Å². The number of carbonyl (C=O) groups excluding carboxylic acids is 2. The number of ether oxygens (including phenoxy) is 1. The number of rotatable bonds is 4. The lowest BCUT2D eigenvalue weighted by Gasteiger charge is -2.19. The second kappa shape index (κ2) is 6.61. The SMILES string of the molecule is O=C1CCC(CNc2ccc(C3=NNC(=O)OC3)cc2C(F)(F)F)N1. The van der Waals surface area contributed by atoms with Crippen LogP contribution < -0.4 is 16.1 Å². The first-order chi connectivity index (χ1) is 11.8. The van der Waals surface area contributed by atoms with Crippen LogP contribution in [0.25, 0.3) is 0 Å². The number of hydrazone groups is 1. The van der Waals surface area contributed by atoms with Gasteiger partial charge in [0.1, 0.15) is 12.3 Å². The zero-order chi connectivity index (χ0) is 18.0. The topological polar surface area (TPSA) is 91.8 Å². The highest BCUT2D eigenvalue weighted by Crippen LogP contribution is 2.35. The first-order valence-corrected chi connectivity index (χ1v) is 7.57. The van der Waals surface area contributed by atoms with Crippen molar-refractivity contribution in [2.24, 2.45) is 5.10 Å². The molecule has 1 saturated heterocycles. The number of cyclic esters (lactones) is 1. The molecule has 0 bridgehead atoms. The van der Waals surface area contributed by atoms with Crippen molar-refractivity contribution in [3.63, 3.8) is 0 Å². The summed E-state index contributed by atoms with van der Waals surface area (Å²) in [5.74, 6) is -0.101. The summed E-state index contributed by atoms with van der Waals surface area (Å²) >= 11 is 0. The third-order valence-corrected chi connectivity index (χ3v) is 3.90. The summed E-state index contributed by atoms with van der Waals surface area (Å²) < 4.78 is 44.8. The van der Waals surface area contributed by atoms with E-state index in [0.717, 1.165) is 6.07 Å². The van der Waals surface area contributed by atoms with Crippen LogP contribution in [0.3, 0.4) is 0 Å². The van der Waals surface area contributed by atoms with E-state index in [-0.39, 0.29) is 42.1 Å². The van der Waals surface area contributed by atoms with E-state index in [1.165, 1.54) is 12.1 Å². The first kappa shape index (κ1) is 17.1. The smallest absolute Gasteiger partial charge is 0.428 e. The maximum absolute atomic E-state index is 13.4. The van der Waals surface area contributed by atoms with Crippen LogP contribution in [0.4, 0.5) is 23.7 Å². The molecule has 2 amide bonds. The lowest BCUT2D eigenvalue weighted by Crippen LogP contribution is -2.32. The number of amides is 2.